The Balaban J connectivity index is 3.17. The fourth-order valence-corrected chi connectivity index (χ4v) is 3.45. The van der Waals surface area contributed by atoms with Crippen molar-refractivity contribution in [2.75, 3.05) is 24.7 Å². The summed E-state index contributed by atoms with van der Waals surface area (Å²) in [7, 11) is -1.67. The van der Waals surface area contributed by atoms with Gasteiger partial charge in [0.25, 0.3) is 0 Å². The molecule has 1 aromatic rings. The van der Waals surface area contributed by atoms with Crippen LogP contribution in [0.5, 0.6) is 0 Å². The van der Waals surface area contributed by atoms with E-state index < -0.39 is 14.8 Å². The highest BCUT2D eigenvalue weighted by atomic mass is 32.2. The lowest BCUT2D eigenvalue weighted by Crippen LogP contribution is -2.17. The Hall–Kier alpha value is -1.15. The maximum Gasteiger partial charge on any atom is 0.304 e. The van der Waals surface area contributed by atoms with E-state index in [-0.39, 0.29) is 9.90 Å². The summed E-state index contributed by atoms with van der Waals surface area (Å²) in [4.78, 5) is 12.1. The van der Waals surface area contributed by atoms with E-state index in [9.17, 15) is 18.5 Å². The van der Waals surface area contributed by atoms with Crippen LogP contribution in [0.15, 0.2) is 10.3 Å². The molecule has 102 valence electrons. The van der Waals surface area contributed by atoms with Crippen molar-refractivity contribution in [1.82, 2.24) is 0 Å². The average molecular weight is 292 g/mol. The molecule has 1 rings (SSSR count). The third kappa shape index (κ3) is 3.42. The number of hydrogen-bond acceptors (Lipinski definition) is 6. The number of nitrogens with zero attached hydrogens (tertiary/aromatic N) is 2. The molecule has 0 amide bonds. The Morgan fingerprint density at radius 1 is 1.50 bits per heavy atom. The van der Waals surface area contributed by atoms with Gasteiger partial charge in [0, 0.05) is 25.9 Å². The molecular weight excluding hydrogens is 276 g/mol. The van der Waals surface area contributed by atoms with Gasteiger partial charge in [-0.2, -0.15) is 0 Å². The van der Waals surface area contributed by atoms with E-state index in [1.807, 2.05) is 6.92 Å². The lowest BCUT2D eigenvalue weighted by Gasteiger charge is -2.15. The van der Waals surface area contributed by atoms with Crippen molar-refractivity contribution in [3.05, 3.63) is 16.2 Å². The Morgan fingerprint density at radius 3 is 2.56 bits per heavy atom. The van der Waals surface area contributed by atoms with Gasteiger partial charge in [-0.1, -0.05) is 24.7 Å². The molecule has 0 atom stereocenters. The van der Waals surface area contributed by atoms with Gasteiger partial charge in [-0.3, -0.25) is 10.1 Å². The predicted molar refractivity (Wildman–Crippen MR) is 72.3 cm³/mol. The van der Waals surface area contributed by atoms with Gasteiger partial charge in [0.1, 0.15) is 4.21 Å². The van der Waals surface area contributed by atoms with E-state index in [4.69, 9.17) is 0 Å². The summed E-state index contributed by atoms with van der Waals surface area (Å²) in [6.45, 7) is 2.69. The minimum Gasteiger partial charge on any atom is -0.361 e. The van der Waals surface area contributed by atoms with Crippen LogP contribution in [-0.2, 0) is 9.84 Å². The van der Waals surface area contributed by atoms with Crippen LogP contribution in [0.1, 0.15) is 19.8 Å². The van der Waals surface area contributed by atoms with Gasteiger partial charge in [0.15, 0.2) is 14.8 Å². The molecule has 0 aliphatic carbocycles. The summed E-state index contributed by atoms with van der Waals surface area (Å²) in [6.07, 6.45) is 2.93. The van der Waals surface area contributed by atoms with Gasteiger partial charge in [0.2, 0.25) is 0 Å². The van der Waals surface area contributed by atoms with E-state index in [0.29, 0.717) is 11.5 Å². The molecule has 0 fully saturated rings. The molecule has 0 unspecified atom stereocenters. The van der Waals surface area contributed by atoms with Crippen LogP contribution < -0.4 is 4.90 Å². The fraction of sp³-hybridized carbons (Fsp3) is 0.600. The third-order valence-electron chi connectivity index (χ3n) is 2.43. The van der Waals surface area contributed by atoms with Crippen molar-refractivity contribution < 1.29 is 13.3 Å². The highest BCUT2D eigenvalue weighted by Crippen LogP contribution is 2.39. The van der Waals surface area contributed by atoms with E-state index in [1.54, 1.807) is 11.9 Å². The van der Waals surface area contributed by atoms with Crippen LogP contribution in [0.4, 0.5) is 10.7 Å². The number of unbranched alkanes of at least 4 members (excludes halogenated alkanes) is 1. The number of nitro groups is 1. The Bertz CT molecular complexity index is 536. The molecule has 0 aromatic carbocycles. The summed E-state index contributed by atoms with van der Waals surface area (Å²) in [5.74, 6) is 0. The molecule has 0 aliphatic heterocycles. The smallest absolute Gasteiger partial charge is 0.304 e. The second-order valence-corrected chi connectivity index (χ2v) is 7.33. The van der Waals surface area contributed by atoms with Crippen LogP contribution in [0, 0.1) is 10.1 Å². The van der Waals surface area contributed by atoms with E-state index >= 15 is 0 Å². The van der Waals surface area contributed by atoms with Gasteiger partial charge in [-0.15, -0.1) is 0 Å². The number of anilines is 1. The molecule has 0 radical (unpaired) electrons. The Labute approximate surface area is 110 Å². The second kappa shape index (κ2) is 5.66. The zero-order chi connectivity index (χ0) is 13.9. The molecule has 0 aliphatic rings. The number of thiophene rings is 1. The lowest BCUT2D eigenvalue weighted by molar-refractivity contribution is -0.383. The van der Waals surface area contributed by atoms with Gasteiger partial charge in [-0.25, -0.2) is 8.42 Å². The summed E-state index contributed by atoms with van der Waals surface area (Å²) in [5, 5.41) is 11.3. The van der Waals surface area contributed by atoms with Gasteiger partial charge >= 0.3 is 5.69 Å². The molecule has 8 heteroatoms. The molecule has 0 bridgehead atoms. The standard InChI is InChI=1S/C10H16N2O4S2/c1-4-5-6-11(2)10-8(12(13)14)7-9(17-10)18(3,15)16/h7H,4-6H2,1-3H3. The molecule has 0 saturated carbocycles. The van der Waals surface area contributed by atoms with Crippen molar-refractivity contribution in [1.29, 1.82) is 0 Å². The molecule has 0 N–H and O–H groups in total. The summed E-state index contributed by atoms with van der Waals surface area (Å²) in [6, 6.07) is 1.14. The van der Waals surface area contributed by atoms with E-state index in [2.05, 4.69) is 0 Å². The van der Waals surface area contributed by atoms with Crippen molar-refractivity contribution in [2.45, 2.75) is 24.0 Å². The monoisotopic (exact) mass is 292 g/mol. The maximum absolute atomic E-state index is 11.4. The van der Waals surface area contributed by atoms with Crippen molar-refractivity contribution in [3.8, 4) is 0 Å². The first-order valence-electron chi connectivity index (χ1n) is 5.46. The Kier molecular flexibility index (Phi) is 4.69. The highest BCUT2D eigenvalue weighted by molar-refractivity contribution is 7.92. The molecule has 18 heavy (non-hydrogen) atoms. The van der Waals surface area contributed by atoms with E-state index in [0.717, 1.165) is 36.5 Å². The van der Waals surface area contributed by atoms with Crippen LogP contribution in [0.25, 0.3) is 0 Å². The average Bonchev–Trinajstić information content (AvgIpc) is 2.70. The Morgan fingerprint density at radius 2 is 2.11 bits per heavy atom. The van der Waals surface area contributed by atoms with Gasteiger partial charge < -0.3 is 4.90 Å². The molecule has 1 aromatic heterocycles. The highest BCUT2D eigenvalue weighted by Gasteiger charge is 2.25. The minimum absolute atomic E-state index is 0.0348. The molecule has 0 saturated heterocycles. The maximum atomic E-state index is 11.4. The molecule has 0 spiro atoms. The fourth-order valence-electron chi connectivity index (χ4n) is 1.43. The van der Waals surface area contributed by atoms with Crippen LogP contribution >= 0.6 is 11.3 Å². The predicted octanol–water partition coefficient (Wildman–Crippen LogP) is 2.30. The lowest BCUT2D eigenvalue weighted by atomic mass is 10.3. The van der Waals surface area contributed by atoms with Crippen molar-refractivity contribution in [3.63, 3.8) is 0 Å². The van der Waals surface area contributed by atoms with Crippen molar-refractivity contribution in [2.24, 2.45) is 0 Å². The summed E-state index contributed by atoms with van der Waals surface area (Å²) >= 11 is 0.950. The van der Waals surface area contributed by atoms with Crippen molar-refractivity contribution >= 4 is 31.9 Å². The quantitative estimate of drug-likeness (QED) is 0.593. The number of rotatable bonds is 6. The molecule has 1 heterocycles. The third-order valence-corrected chi connectivity index (χ3v) is 5.47. The van der Waals surface area contributed by atoms with Crippen LogP contribution in [0.2, 0.25) is 0 Å². The first-order valence-corrected chi connectivity index (χ1v) is 8.17. The minimum atomic E-state index is -3.40. The first-order chi connectivity index (χ1) is 8.27. The van der Waals surface area contributed by atoms with Gasteiger partial charge in [-0.05, 0) is 6.42 Å². The van der Waals surface area contributed by atoms with Gasteiger partial charge in [0.05, 0.1) is 4.92 Å². The molecular formula is C10H16N2O4S2. The second-order valence-electron chi connectivity index (χ2n) is 4.06. The largest absolute Gasteiger partial charge is 0.361 e. The zero-order valence-corrected chi connectivity index (χ0v) is 12.2. The zero-order valence-electron chi connectivity index (χ0n) is 10.5. The topological polar surface area (TPSA) is 80.5 Å². The summed E-state index contributed by atoms with van der Waals surface area (Å²) < 4.78 is 22.9. The van der Waals surface area contributed by atoms with Crippen LogP contribution in [0.3, 0.4) is 0 Å². The normalized spacial score (nSPS) is 11.5. The first kappa shape index (κ1) is 14.9. The SMILES string of the molecule is CCCCN(C)c1sc(S(C)(=O)=O)cc1[N+](=O)[O-]. The van der Waals surface area contributed by atoms with Crippen LogP contribution in [-0.4, -0.2) is 33.2 Å². The molecule has 6 nitrogen and oxygen atoms in total. The number of sulfone groups is 1. The number of hydrogen-bond donors (Lipinski definition) is 0. The summed E-state index contributed by atoms with van der Waals surface area (Å²) in [5.41, 5.74) is -0.140. The van der Waals surface area contributed by atoms with E-state index in [1.165, 1.54) is 0 Å².